The van der Waals surface area contributed by atoms with Crippen molar-refractivity contribution in [2.45, 2.75) is 66.7 Å². The van der Waals surface area contributed by atoms with Crippen molar-refractivity contribution in [2.75, 3.05) is 31.9 Å². The molecule has 0 spiro atoms. The summed E-state index contributed by atoms with van der Waals surface area (Å²) in [4.78, 5) is 25.9. The van der Waals surface area contributed by atoms with Crippen LogP contribution in [-0.2, 0) is 0 Å². The fraction of sp³-hybridized carbons (Fsp3) is 0.562. The number of nitrogens with one attached hydrogen (secondary N) is 2. The molecule has 2 aromatic rings. The minimum absolute atomic E-state index is 0.0334. The molecule has 2 aliphatic rings. The standard InChI is InChI=1S/C16H21Cl2NO.C16H22ClFN2O/c1-15(2,3)9-16(6-7-19-10-16)14(20)11-4-5-12(17)13(18)8-11;1-10(2)3-4-16(5-6-20-9-16)15(21)11-7-12(17)14(19)13(18)8-11/h4-5,8,19H,6-7,9-10H2,1-3H3;7-8,10,20H,3-6,9,19H2,1-2H3. The molecule has 2 fully saturated rings. The van der Waals surface area contributed by atoms with Crippen LogP contribution >= 0.6 is 34.8 Å². The normalized spacial score (nSPS) is 22.5. The van der Waals surface area contributed by atoms with E-state index in [2.05, 4.69) is 45.3 Å². The zero-order chi connectivity index (χ0) is 30.6. The molecular formula is C32H43Cl3FN3O2. The van der Waals surface area contributed by atoms with E-state index in [0.717, 1.165) is 51.7 Å². The van der Waals surface area contributed by atoms with E-state index in [4.69, 9.17) is 40.5 Å². The van der Waals surface area contributed by atoms with Crippen LogP contribution in [0, 0.1) is 28.0 Å². The number of halogens is 4. The first kappa shape index (κ1) is 33.8. The number of rotatable bonds is 8. The van der Waals surface area contributed by atoms with Gasteiger partial charge in [-0.15, -0.1) is 0 Å². The topological polar surface area (TPSA) is 84.2 Å². The number of carbonyl (C=O) groups is 2. The lowest BCUT2D eigenvalue weighted by Crippen LogP contribution is -2.37. The smallest absolute Gasteiger partial charge is 0.170 e. The summed E-state index contributed by atoms with van der Waals surface area (Å²) in [6.45, 7) is 13.9. The molecule has 0 aliphatic carbocycles. The van der Waals surface area contributed by atoms with E-state index >= 15 is 0 Å². The summed E-state index contributed by atoms with van der Waals surface area (Å²) in [5, 5.41) is 7.61. The second kappa shape index (κ2) is 13.7. The second-order valence-electron chi connectivity index (χ2n) is 13.2. The van der Waals surface area contributed by atoms with Gasteiger partial charge in [0.15, 0.2) is 11.6 Å². The van der Waals surface area contributed by atoms with Crippen molar-refractivity contribution in [3.8, 4) is 0 Å². The fourth-order valence-electron chi connectivity index (χ4n) is 5.98. The van der Waals surface area contributed by atoms with Gasteiger partial charge < -0.3 is 16.4 Å². The summed E-state index contributed by atoms with van der Waals surface area (Å²) in [7, 11) is 0. The number of Topliss-reactive ketones (excluding diaryl/α,β-unsaturated/α-hetero) is 2. The molecular weight excluding hydrogens is 584 g/mol. The first-order valence-electron chi connectivity index (χ1n) is 14.3. The number of hydrogen-bond donors (Lipinski definition) is 3. The van der Waals surface area contributed by atoms with Gasteiger partial charge in [0, 0.05) is 35.0 Å². The van der Waals surface area contributed by atoms with E-state index in [9.17, 15) is 14.0 Å². The zero-order valence-electron chi connectivity index (χ0n) is 24.7. The van der Waals surface area contributed by atoms with Crippen LogP contribution in [0.3, 0.4) is 0 Å². The van der Waals surface area contributed by atoms with Crippen LogP contribution in [0.15, 0.2) is 30.3 Å². The number of hydrogen-bond acceptors (Lipinski definition) is 5. The molecule has 4 rings (SSSR count). The Balaban J connectivity index is 0.000000226. The van der Waals surface area contributed by atoms with Crippen LogP contribution in [0.1, 0.15) is 87.4 Å². The van der Waals surface area contributed by atoms with Gasteiger partial charge in [-0.2, -0.15) is 0 Å². The predicted octanol–water partition coefficient (Wildman–Crippen LogP) is 8.25. The predicted molar refractivity (Wildman–Crippen MR) is 169 cm³/mol. The van der Waals surface area contributed by atoms with E-state index in [1.54, 1.807) is 18.2 Å². The Labute approximate surface area is 259 Å². The summed E-state index contributed by atoms with van der Waals surface area (Å²) in [6.07, 6.45) is 4.30. The molecule has 0 amide bonds. The number of benzene rings is 2. The molecule has 4 N–H and O–H groups in total. The summed E-state index contributed by atoms with van der Waals surface area (Å²) >= 11 is 17.9. The maximum Gasteiger partial charge on any atom is 0.170 e. The monoisotopic (exact) mass is 625 g/mol. The van der Waals surface area contributed by atoms with Gasteiger partial charge in [-0.05, 0) is 86.9 Å². The van der Waals surface area contributed by atoms with Gasteiger partial charge in [0.1, 0.15) is 5.82 Å². The van der Waals surface area contributed by atoms with Crippen molar-refractivity contribution in [3.63, 3.8) is 0 Å². The third-order valence-corrected chi connectivity index (χ3v) is 9.09. The van der Waals surface area contributed by atoms with Crippen LogP contribution < -0.4 is 16.4 Å². The highest BCUT2D eigenvalue weighted by molar-refractivity contribution is 6.42. The molecule has 226 valence electrons. The number of nitrogen functional groups attached to an aromatic ring is 1. The highest BCUT2D eigenvalue weighted by atomic mass is 35.5. The van der Waals surface area contributed by atoms with E-state index in [1.807, 2.05) is 0 Å². The van der Waals surface area contributed by atoms with Crippen molar-refractivity contribution in [1.29, 1.82) is 0 Å². The highest BCUT2D eigenvalue weighted by Crippen LogP contribution is 2.42. The Kier molecular flexibility index (Phi) is 11.3. The molecule has 5 nitrogen and oxygen atoms in total. The van der Waals surface area contributed by atoms with E-state index in [1.165, 1.54) is 12.1 Å². The van der Waals surface area contributed by atoms with E-state index in [-0.39, 0.29) is 33.1 Å². The first-order valence-corrected chi connectivity index (χ1v) is 15.4. The lowest BCUT2D eigenvalue weighted by molar-refractivity contribution is 0.0738. The van der Waals surface area contributed by atoms with Gasteiger partial charge in [-0.3, -0.25) is 9.59 Å². The van der Waals surface area contributed by atoms with Gasteiger partial charge in [-0.25, -0.2) is 4.39 Å². The molecule has 2 aromatic carbocycles. The third-order valence-electron chi connectivity index (χ3n) is 8.04. The molecule has 2 saturated heterocycles. The second-order valence-corrected chi connectivity index (χ2v) is 14.4. The van der Waals surface area contributed by atoms with Crippen molar-refractivity contribution in [3.05, 3.63) is 62.3 Å². The van der Waals surface area contributed by atoms with E-state index in [0.29, 0.717) is 33.6 Å². The molecule has 0 aromatic heterocycles. The van der Waals surface area contributed by atoms with Crippen LogP contribution in [0.5, 0.6) is 0 Å². The Morgan fingerprint density at radius 1 is 0.902 bits per heavy atom. The molecule has 2 heterocycles. The fourth-order valence-corrected chi connectivity index (χ4v) is 6.48. The van der Waals surface area contributed by atoms with Gasteiger partial charge in [0.05, 0.1) is 20.8 Å². The van der Waals surface area contributed by atoms with Gasteiger partial charge >= 0.3 is 0 Å². The average molecular weight is 627 g/mol. The molecule has 41 heavy (non-hydrogen) atoms. The maximum atomic E-state index is 13.7. The summed E-state index contributed by atoms with van der Waals surface area (Å²) in [5.74, 6) is 0.0442. The largest absolute Gasteiger partial charge is 0.395 e. The summed E-state index contributed by atoms with van der Waals surface area (Å²) < 4.78 is 13.7. The van der Waals surface area contributed by atoms with Crippen molar-refractivity contribution >= 4 is 52.1 Å². The van der Waals surface area contributed by atoms with Crippen molar-refractivity contribution < 1.29 is 14.0 Å². The highest BCUT2D eigenvalue weighted by Gasteiger charge is 2.44. The molecule has 9 heteroatoms. The zero-order valence-corrected chi connectivity index (χ0v) is 27.0. The van der Waals surface area contributed by atoms with Gasteiger partial charge in [0.25, 0.3) is 0 Å². The molecule has 0 bridgehead atoms. The number of anilines is 1. The van der Waals surface area contributed by atoms with Crippen molar-refractivity contribution in [1.82, 2.24) is 10.6 Å². The molecule has 0 radical (unpaired) electrons. The molecule has 2 atom stereocenters. The van der Waals surface area contributed by atoms with Crippen LogP contribution in [0.25, 0.3) is 0 Å². The Hall–Kier alpha value is -1.70. The number of nitrogens with two attached hydrogens (primary N) is 1. The van der Waals surface area contributed by atoms with Crippen LogP contribution in [0.4, 0.5) is 10.1 Å². The first-order chi connectivity index (χ1) is 19.1. The average Bonchev–Trinajstić information content (AvgIpc) is 3.57. The van der Waals surface area contributed by atoms with E-state index < -0.39 is 11.2 Å². The number of carbonyl (C=O) groups excluding carboxylic acids is 2. The molecule has 0 saturated carbocycles. The van der Waals surface area contributed by atoms with Crippen molar-refractivity contribution in [2.24, 2.45) is 22.2 Å². The van der Waals surface area contributed by atoms with Crippen LogP contribution in [-0.4, -0.2) is 37.7 Å². The van der Waals surface area contributed by atoms with Gasteiger partial charge in [-0.1, -0.05) is 69.4 Å². The van der Waals surface area contributed by atoms with Crippen LogP contribution in [0.2, 0.25) is 15.1 Å². The minimum atomic E-state index is -0.629. The lowest BCUT2D eigenvalue weighted by Gasteiger charge is -2.33. The summed E-state index contributed by atoms with van der Waals surface area (Å²) in [5.41, 5.74) is 5.72. The molecule has 2 aliphatic heterocycles. The third kappa shape index (κ3) is 8.45. The SMILES string of the molecule is CC(C)(C)CC1(C(=O)c2ccc(Cl)c(Cl)c2)CCNC1.CC(C)CCC1(C(=O)c2cc(F)c(N)c(Cl)c2)CCNC1. The summed E-state index contributed by atoms with van der Waals surface area (Å²) in [6, 6.07) is 7.86. The van der Waals surface area contributed by atoms with Gasteiger partial charge in [0.2, 0.25) is 0 Å². The Morgan fingerprint density at radius 2 is 1.46 bits per heavy atom. The minimum Gasteiger partial charge on any atom is -0.395 e. The maximum absolute atomic E-state index is 13.7. The number of ketones is 2. The lowest BCUT2D eigenvalue weighted by atomic mass is 9.69. The molecule has 2 unspecified atom stereocenters. The quantitative estimate of drug-likeness (QED) is 0.203. The Morgan fingerprint density at radius 3 is 1.95 bits per heavy atom. The Bertz CT molecular complexity index is 1220.